The average Bonchev–Trinajstić information content (AvgIpc) is 3.17. The fourth-order valence-electron chi connectivity index (χ4n) is 5.68. The Morgan fingerprint density at radius 1 is 1.10 bits per heavy atom. The number of amides is 2. The molecule has 0 bridgehead atoms. The molecule has 0 saturated heterocycles. The Morgan fingerprint density at radius 2 is 1.69 bits per heavy atom. The van der Waals surface area contributed by atoms with Crippen LogP contribution in [0, 0.1) is 17.2 Å². The molecule has 9 heteroatoms. The van der Waals surface area contributed by atoms with Gasteiger partial charge in [-0.1, -0.05) is 32.9 Å². The van der Waals surface area contributed by atoms with E-state index in [4.69, 9.17) is 10.1 Å². The van der Waals surface area contributed by atoms with Crippen molar-refractivity contribution in [1.29, 1.82) is 0 Å². The molecule has 4 rings (SSSR count). The van der Waals surface area contributed by atoms with Crippen LogP contribution >= 0.6 is 0 Å². The first-order chi connectivity index (χ1) is 18.3. The molecule has 1 spiro atoms. The van der Waals surface area contributed by atoms with Crippen molar-refractivity contribution in [3.63, 3.8) is 0 Å². The molecule has 2 amide bonds. The minimum absolute atomic E-state index is 0.154. The summed E-state index contributed by atoms with van der Waals surface area (Å²) in [7, 11) is 0. The van der Waals surface area contributed by atoms with Crippen molar-refractivity contribution in [2.24, 2.45) is 16.3 Å². The van der Waals surface area contributed by atoms with E-state index in [9.17, 15) is 23.9 Å². The number of aliphatic carboxylic acids is 1. The molecule has 2 atom stereocenters. The number of hydrogen-bond acceptors (Lipinski definition) is 5. The third-order valence-electron chi connectivity index (χ3n) is 8.10. The number of nitrogens with one attached hydrogen (secondary N) is 1. The van der Waals surface area contributed by atoms with Gasteiger partial charge >= 0.3 is 5.97 Å². The molecule has 39 heavy (non-hydrogen) atoms. The molecule has 2 aromatic carbocycles. The van der Waals surface area contributed by atoms with Gasteiger partial charge in [-0.05, 0) is 85.9 Å². The van der Waals surface area contributed by atoms with Gasteiger partial charge in [-0.2, -0.15) is 0 Å². The molecule has 1 saturated carbocycles. The first-order valence-corrected chi connectivity index (χ1v) is 13.3. The summed E-state index contributed by atoms with van der Waals surface area (Å²) in [5.41, 5.74) is 1.50. The SMILES string of the molecule is CC(c1ccc(C(=O)NCC(O)C(=O)O)cc1)N1C(=O)C(c2ccc(F)cc2)=NC12CCC(C(C)(C)C)CC2. The van der Waals surface area contributed by atoms with Gasteiger partial charge in [0.15, 0.2) is 6.10 Å². The molecule has 208 valence electrons. The predicted molar refractivity (Wildman–Crippen MR) is 145 cm³/mol. The lowest BCUT2D eigenvalue weighted by Gasteiger charge is -2.46. The lowest BCUT2D eigenvalue weighted by Crippen LogP contribution is -2.50. The van der Waals surface area contributed by atoms with Crippen molar-refractivity contribution in [2.45, 2.75) is 71.2 Å². The summed E-state index contributed by atoms with van der Waals surface area (Å²) >= 11 is 0. The van der Waals surface area contributed by atoms with Gasteiger partial charge in [-0.15, -0.1) is 0 Å². The minimum Gasteiger partial charge on any atom is -0.479 e. The van der Waals surface area contributed by atoms with E-state index in [1.54, 1.807) is 36.4 Å². The Kier molecular flexibility index (Phi) is 7.93. The highest BCUT2D eigenvalue weighted by atomic mass is 19.1. The van der Waals surface area contributed by atoms with Crippen LogP contribution in [0.2, 0.25) is 0 Å². The van der Waals surface area contributed by atoms with E-state index in [1.165, 1.54) is 12.1 Å². The van der Waals surface area contributed by atoms with Crippen molar-refractivity contribution >= 4 is 23.5 Å². The predicted octanol–water partition coefficient (Wildman–Crippen LogP) is 4.33. The van der Waals surface area contributed by atoms with Gasteiger partial charge in [0.25, 0.3) is 11.8 Å². The van der Waals surface area contributed by atoms with Gasteiger partial charge in [-0.25, -0.2) is 9.18 Å². The molecular weight excluding hydrogens is 501 g/mol. The van der Waals surface area contributed by atoms with Crippen LogP contribution in [0.5, 0.6) is 0 Å². The van der Waals surface area contributed by atoms with Crippen LogP contribution in [0.1, 0.15) is 80.9 Å². The largest absolute Gasteiger partial charge is 0.479 e. The molecule has 3 N–H and O–H groups in total. The number of halogens is 1. The Balaban J connectivity index is 1.59. The summed E-state index contributed by atoms with van der Waals surface area (Å²) in [5.74, 6) is -1.99. The number of carboxylic acids is 1. The van der Waals surface area contributed by atoms with Gasteiger partial charge in [0, 0.05) is 11.1 Å². The molecule has 0 radical (unpaired) electrons. The molecule has 1 aliphatic carbocycles. The van der Waals surface area contributed by atoms with E-state index < -0.39 is 30.2 Å². The van der Waals surface area contributed by atoms with Crippen molar-refractivity contribution in [3.05, 3.63) is 71.0 Å². The van der Waals surface area contributed by atoms with Crippen molar-refractivity contribution < 1.29 is 29.0 Å². The monoisotopic (exact) mass is 537 g/mol. The number of aliphatic hydroxyl groups excluding tert-OH is 1. The third kappa shape index (κ3) is 5.88. The average molecular weight is 538 g/mol. The molecule has 8 nitrogen and oxygen atoms in total. The normalized spacial score (nSPS) is 22.9. The van der Waals surface area contributed by atoms with E-state index in [0.29, 0.717) is 22.8 Å². The van der Waals surface area contributed by atoms with Gasteiger partial charge < -0.3 is 20.4 Å². The zero-order valence-corrected chi connectivity index (χ0v) is 22.8. The summed E-state index contributed by atoms with van der Waals surface area (Å²) in [4.78, 5) is 44.0. The second kappa shape index (κ2) is 10.9. The molecular formula is C30H36FN3O5. The molecule has 2 aliphatic rings. The number of carbonyl (C=O) groups excluding carboxylic acids is 2. The van der Waals surface area contributed by atoms with Crippen molar-refractivity contribution in [2.75, 3.05) is 6.54 Å². The molecule has 0 aromatic heterocycles. The van der Waals surface area contributed by atoms with E-state index in [0.717, 1.165) is 31.2 Å². The Labute approximate surface area is 227 Å². The fourth-order valence-corrected chi connectivity index (χ4v) is 5.68. The van der Waals surface area contributed by atoms with Gasteiger partial charge in [0.05, 0.1) is 12.6 Å². The maximum Gasteiger partial charge on any atom is 0.334 e. The lowest BCUT2D eigenvalue weighted by molar-refractivity contribution is -0.146. The first kappa shape index (κ1) is 28.4. The number of hydrogen-bond donors (Lipinski definition) is 3. The Hall–Kier alpha value is -3.59. The van der Waals surface area contributed by atoms with E-state index >= 15 is 0 Å². The molecule has 1 heterocycles. The van der Waals surface area contributed by atoms with Crippen LogP contribution in [0.4, 0.5) is 4.39 Å². The lowest BCUT2D eigenvalue weighted by atomic mass is 9.69. The first-order valence-electron chi connectivity index (χ1n) is 13.3. The number of nitrogens with zero attached hydrogens (tertiary/aromatic N) is 2. The minimum atomic E-state index is -1.69. The second-order valence-corrected chi connectivity index (χ2v) is 11.6. The quantitative estimate of drug-likeness (QED) is 0.486. The highest BCUT2D eigenvalue weighted by Gasteiger charge is 2.51. The molecule has 2 unspecified atom stereocenters. The maximum atomic E-state index is 13.9. The fraction of sp³-hybridized carbons (Fsp3) is 0.467. The Bertz CT molecular complexity index is 1260. The zero-order chi connectivity index (χ0) is 28.5. The Morgan fingerprint density at radius 3 is 2.23 bits per heavy atom. The van der Waals surface area contributed by atoms with Gasteiger partial charge in [0.2, 0.25) is 0 Å². The summed E-state index contributed by atoms with van der Waals surface area (Å²) in [6, 6.07) is 12.2. The standard InChI is InChI=1S/C30H36FN3O5/c1-18(19-5-7-21(8-6-19)26(36)32-17-24(35)28(38)39)34-27(37)25(20-9-11-23(31)12-10-20)33-30(34)15-13-22(14-16-30)29(2,3)4/h5-12,18,22,24,35H,13-17H2,1-4H3,(H,32,36)(H,38,39). The third-order valence-corrected chi connectivity index (χ3v) is 8.10. The van der Waals surface area contributed by atoms with Crippen LogP contribution in [-0.4, -0.2) is 56.9 Å². The van der Waals surface area contributed by atoms with Crippen LogP contribution in [0.25, 0.3) is 0 Å². The smallest absolute Gasteiger partial charge is 0.334 e. The number of benzene rings is 2. The number of carboxylic acid groups (broad SMARTS) is 1. The van der Waals surface area contributed by atoms with Crippen molar-refractivity contribution in [1.82, 2.24) is 10.2 Å². The van der Waals surface area contributed by atoms with Crippen LogP contribution in [-0.2, 0) is 9.59 Å². The molecule has 2 aromatic rings. The van der Waals surface area contributed by atoms with E-state index in [1.807, 2.05) is 11.8 Å². The number of aliphatic hydroxyl groups is 1. The summed E-state index contributed by atoms with van der Waals surface area (Å²) in [6.07, 6.45) is 1.63. The summed E-state index contributed by atoms with van der Waals surface area (Å²) in [5, 5.41) is 20.6. The van der Waals surface area contributed by atoms with E-state index in [-0.39, 0.29) is 23.2 Å². The number of aliphatic imine (C=N–C) groups is 1. The van der Waals surface area contributed by atoms with Gasteiger partial charge in [0.1, 0.15) is 17.2 Å². The van der Waals surface area contributed by atoms with Crippen LogP contribution in [0.3, 0.4) is 0 Å². The van der Waals surface area contributed by atoms with Crippen LogP contribution < -0.4 is 5.32 Å². The topological polar surface area (TPSA) is 119 Å². The number of carbonyl (C=O) groups is 3. The van der Waals surface area contributed by atoms with Crippen LogP contribution in [0.15, 0.2) is 53.5 Å². The second-order valence-electron chi connectivity index (χ2n) is 11.6. The van der Waals surface area contributed by atoms with Crippen molar-refractivity contribution in [3.8, 4) is 0 Å². The van der Waals surface area contributed by atoms with Gasteiger partial charge in [-0.3, -0.25) is 14.6 Å². The summed E-state index contributed by atoms with van der Waals surface area (Å²) in [6.45, 7) is 8.25. The molecule has 1 aliphatic heterocycles. The maximum absolute atomic E-state index is 13.9. The highest BCUT2D eigenvalue weighted by molar-refractivity contribution is 6.46. The zero-order valence-electron chi connectivity index (χ0n) is 22.8. The summed E-state index contributed by atoms with van der Waals surface area (Å²) < 4.78 is 13.6. The van der Waals surface area contributed by atoms with E-state index in [2.05, 4.69) is 26.1 Å². The molecule has 1 fully saturated rings. The highest BCUT2D eigenvalue weighted by Crippen LogP contribution is 2.49. The number of rotatable bonds is 7.